The van der Waals surface area contributed by atoms with Crippen LogP contribution in [-0.2, 0) is 27.5 Å². The summed E-state index contributed by atoms with van der Waals surface area (Å²) in [5, 5.41) is 0. The predicted molar refractivity (Wildman–Crippen MR) is 20.0 cm³/mol. The second-order valence-corrected chi connectivity index (χ2v) is 0. The molecule has 0 bridgehead atoms. The summed E-state index contributed by atoms with van der Waals surface area (Å²) in [6, 6.07) is 0. The van der Waals surface area contributed by atoms with Gasteiger partial charge in [0.2, 0.25) is 0 Å². The van der Waals surface area contributed by atoms with Crippen LogP contribution >= 0.6 is 0 Å². The minimum atomic E-state index is 0. The Morgan fingerprint density at radius 2 is 1.50 bits per heavy atom. The van der Waals surface area contributed by atoms with E-state index in [9.17, 15) is 0 Å². The predicted octanol–water partition coefficient (Wildman–Crippen LogP) is -1.73. The average molecular weight is 166 g/mol. The van der Waals surface area contributed by atoms with Crippen molar-refractivity contribution in [1.82, 2.24) is 0 Å². The smallest absolute Gasteiger partial charge is 0.0149 e. The number of hydrogen-bond donors (Lipinski definition) is 0. The zero-order chi connectivity index (χ0) is 2.00. The molecule has 0 aromatic carbocycles. The molecule has 0 aliphatic heterocycles. The van der Waals surface area contributed by atoms with Crippen molar-refractivity contribution in [2.75, 3.05) is 0 Å². The Labute approximate surface area is 64.0 Å². The molecule has 0 heterocycles. The van der Waals surface area contributed by atoms with Gasteiger partial charge in [-0.2, -0.15) is 0 Å². The number of rotatable bonds is 0. The molecule has 0 rings (SSSR count). The van der Waals surface area contributed by atoms with Gasteiger partial charge in [-0.25, -0.2) is 0 Å². The van der Waals surface area contributed by atoms with Gasteiger partial charge >= 0.3 is 50.6 Å². The van der Waals surface area contributed by atoms with Crippen molar-refractivity contribution >= 4 is 34.0 Å². The van der Waals surface area contributed by atoms with Gasteiger partial charge in [-0.1, -0.05) is 0 Å². The largest absolute Gasteiger partial charge is 0.0149 e. The Hall–Kier alpha value is 1.67. The molecule has 1 nitrogen and oxygen atoms in total. The van der Waals surface area contributed by atoms with Gasteiger partial charge in [0.15, 0.2) is 0 Å². The molecule has 22 valence electrons. The van der Waals surface area contributed by atoms with E-state index in [2.05, 4.69) is 0 Å². The molecule has 0 aromatic rings. The van der Waals surface area contributed by atoms with E-state index < -0.39 is 0 Å². The van der Waals surface area contributed by atoms with E-state index in [0.717, 1.165) is 0 Å². The zero-order valence-corrected chi connectivity index (χ0v) is 5.49. The van der Waals surface area contributed by atoms with Crippen LogP contribution in [0.1, 0.15) is 2.85 Å². The Morgan fingerprint density at radius 1 is 1.50 bits per heavy atom. The quantitative estimate of drug-likeness (QED) is 0.390. The van der Waals surface area contributed by atoms with Crippen LogP contribution in [0.2, 0.25) is 0 Å². The SMILES string of the molecule is [H-].[H-].[Mg+2].[O]=[Zr].[SiH4]. The van der Waals surface area contributed by atoms with Gasteiger partial charge in [0.25, 0.3) is 0 Å². The van der Waals surface area contributed by atoms with Crippen LogP contribution in [0.3, 0.4) is 0 Å². The maximum absolute atomic E-state index is 8.34. The minimum Gasteiger partial charge on any atom is -0.0149 e. The second-order valence-electron chi connectivity index (χ2n) is 0. The van der Waals surface area contributed by atoms with Crippen LogP contribution in [0.25, 0.3) is 0 Å². The van der Waals surface area contributed by atoms with Crippen LogP contribution in [0.15, 0.2) is 0 Å². The topological polar surface area (TPSA) is 17.1 Å². The third kappa shape index (κ3) is 9.39. The molecule has 4 heteroatoms. The molecule has 0 N–H and O–H groups in total. The summed E-state index contributed by atoms with van der Waals surface area (Å²) in [6.07, 6.45) is 0. The van der Waals surface area contributed by atoms with Crippen molar-refractivity contribution in [2.24, 2.45) is 0 Å². The van der Waals surface area contributed by atoms with Gasteiger partial charge in [-0.3, -0.25) is 0 Å². The Bertz CT molecular complexity index is 13.5. The van der Waals surface area contributed by atoms with Crippen LogP contribution in [0, 0.1) is 0 Å². The summed E-state index contributed by atoms with van der Waals surface area (Å²) in [5.41, 5.74) is 0. The first-order valence-corrected chi connectivity index (χ1v) is 1.21. The van der Waals surface area contributed by atoms with Crippen LogP contribution in [0.5, 0.6) is 0 Å². The first kappa shape index (κ1) is 17.4. The average Bonchev–Trinajstić information content (AvgIpc) is 1.00. The summed E-state index contributed by atoms with van der Waals surface area (Å²) in [4.78, 5) is 0. The molecule has 0 radical (unpaired) electrons. The van der Waals surface area contributed by atoms with Crippen LogP contribution in [0.4, 0.5) is 0 Å². The van der Waals surface area contributed by atoms with Crippen molar-refractivity contribution in [3.63, 3.8) is 0 Å². The van der Waals surface area contributed by atoms with E-state index in [0.29, 0.717) is 24.7 Å². The first-order valence-electron chi connectivity index (χ1n) is 0.204. The number of hydrogen-bond acceptors (Lipinski definition) is 1. The summed E-state index contributed by atoms with van der Waals surface area (Å²) >= 11 is 0.300. The summed E-state index contributed by atoms with van der Waals surface area (Å²) in [5.74, 6) is 0. The van der Waals surface area contributed by atoms with Gasteiger partial charge < -0.3 is 2.85 Å². The van der Waals surface area contributed by atoms with Gasteiger partial charge in [0.1, 0.15) is 0 Å². The maximum atomic E-state index is 8.34. The van der Waals surface area contributed by atoms with Crippen molar-refractivity contribution in [2.45, 2.75) is 0 Å². The van der Waals surface area contributed by atoms with Gasteiger partial charge in [-0.15, -0.1) is 0 Å². The second kappa shape index (κ2) is 22.6. The molecule has 0 fully saturated rings. The molecule has 0 unspecified atom stereocenters. The van der Waals surface area contributed by atoms with Crippen molar-refractivity contribution < 1.29 is 30.4 Å². The van der Waals surface area contributed by atoms with Crippen LogP contribution in [-0.4, -0.2) is 34.0 Å². The summed E-state index contributed by atoms with van der Waals surface area (Å²) in [7, 11) is 0. The molecule has 0 amide bonds. The van der Waals surface area contributed by atoms with Gasteiger partial charge in [0, 0.05) is 0 Å². The molecule has 0 saturated heterocycles. The van der Waals surface area contributed by atoms with E-state index in [4.69, 9.17) is 2.81 Å². The van der Waals surface area contributed by atoms with E-state index in [1.807, 2.05) is 0 Å². The Balaban J connectivity index is -0.000000000833. The fourth-order valence-corrected chi connectivity index (χ4v) is 0. The third-order valence-electron chi connectivity index (χ3n) is 0. The zero-order valence-electron chi connectivity index (χ0n) is 3.62. The van der Waals surface area contributed by atoms with E-state index in [1.54, 1.807) is 0 Å². The molecule has 0 spiro atoms. The molecule has 0 aliphatic carbocycles. The molecular formula is H6MgOSiZr. The summed E-state index contributed by atoms with van der Waals surface area (Å²) in [6.45, 7) is 0. The maximum Gasteiger partial charge on any atom is -0.0149 e. The van der Waals surface area contributed by atoms with E-state index in [-0.39, 0.29) is 36.9 Å². The molecule has 0 aromatic heterocycles. The van der Waals surface area contributed by atoms with Gasteiger partial charge in [0.05, 0.1) is 0 Å². The van der Waals surface area contributed by atoms with Crippen molar-refractivity contribution in [1.29, 1.82) is 0 Å². The van der Waals surface area contributed by atoms with Crippen LogP contribution < -0.4 is 0 Å². The third-order valence-corrected chi connectivity index (χ3v) is 0. The normalized spacial score (nSPS) is 0.750. The minimum absolute atomic E-state index is 0. The first-order chi connectivity index (χ1) is 1.00. The Kier molecular flexibility index (Phi) is 98.0. The monoisotopic (exact) mass is 164 g/mol. The van der Waals surface area contributed by atoms with Gasteiger partial charge in [-0.05, 0) is 11.0 Å². The molecular weight excluding hydrogens is 160 g/mol. The molecule has 0 atom stereocenters. The molecule has 4 heavy (non-hydrogen) atoms. The fourth-order valence-electron chi connectivity index (χ4n) is 0. The fraction of sp³-hybridized carbons (Fsp3) is 0. The standard InChI is InChI=1S/Mg.O.H4Si.Zr.2H/h;;1H4;;;/q+2;;;;2*-1. The Morgan fingerprint density at radius 3 is 1.50 bits per heavy atom. The van der Waals surface area contributed by atoms with E-state index >= 15 is 0 Å². The summed E-state index contributed by atoms with van der Waals surface area (Å²) < 4.78 is 8.34. The van der Waals surface area contributed by atoms with Crippen molar-refractivity contribution in [3.05, 3.63) is 0 Å². The van der Waals surface area contributed by atoms with E-state index in [1.165, 1.54) is 0 Å². The molecule has 0 aliphatic rings. The molecule has 0 saturated carbocycles. The van der Waals surface area contributed by atoms with Crippen molar-refractivity contribution in [3.8, 4) is 0 Å².